The highest BCUT2D eigenvalue weighted by Gasteiger charge is 2.18. The normalized spacial score (nSPS) is 27.4. The summed E-state index contributed by atoms with van der Waals surface area (Å²) in [5.41, 5.74) is 7.09. The first-order valence-electron chi connectivity index (χ1n) is 8.04. The second-order valence-electron chi connectivity index (χ2n) is 6.21. The molecule has 3 rings (SSSR count). The maximum atomic E-state index is 5.95. The minimum atomic E-state index is 0.410. The fourth-order valence-electron chi connectivity index (χ4n) is 3.28. The van der Waals surface area contributed by atoms with Crippen molar-refractivity contribution in [2.45, 2.75) is 57.0 Å². The number of piperidine rings is 1. The number of nitrogens with one attached hydrogen (secondary N) is 1. The Morgan fingerprint density at radius 3 is 2.45 bits per heavy atom. The van der Waals surface area contributed by atoms with E-state index in [0.717, 1.165) is 37.4 Å². The van der Waals surface area contributed by atoms with E-state index in [0.29, 0.717) is 12.1 Å². The second-order valence-corrected chi connectivity index (χ2v) is 6.21. The molecule has 2 fully saturated rings. The summed E-state index contributed by atoms with van der Waals surface area (Å²) < 4.78 is 0. The zero-order valence-corrected chi connectivity index (χ0v) is 12.2. The standard InChI is InChI=1S/C16H26N4/c17-13-4-6-14(7-5-13)19-15-8-9-16(18-12-15)20-10-2-1-3-11-20/h8-9,12-14,19H,1-7,10-11,17H2. The SMILES string of the molecule is NC1CCC(Nc2ccc(N3CCCCC3)nc2)CC1. The zero-order chi connectivity index (χ0) is 13.8. The second kappa shape index (κ2) is 6.44. The Hall–Kier alpha value is -1.29. The summed E-state index contributed by atoms with van der Waals surface area (Å²) in [4.78, 5) is 7.02. The van der Waals surface area contributed by atoms with Crippen molar-refractivity contribution in [1.29, 1.82) is 0 Å². The van der Waals surface area contributed by atoms with E-state index in [-0.39, 0.29) is 0 Å². The molecule has 0 aromatic carbocycles. The molecule has 4 heteroatoms. The van der Waals surface area contributed by atoms with Crippen LogP contribution in [-0.2, 0) is 0 Å². The topological polar surface area (TPSA) is 54.2 Å². The average molecular weight is 274 g/mol. The monoisotopic (exact) mass is 274 g/mol. The minimum Gasteiger partial charge on any atom is -0.381 e. The van der Waals surface area contributed by atoms with Gasteiger partial charge in [-0.05, 0) is 57.1 Å². The van der Waals surface area contributed by atoms with Crippen LogP contribution >= 0.6 is 0 Å². The summed E-state index contributed by atoms with van der Waals surface area (Å²) in [6.45, 7) is 2.31. The molecule has 0 unspecified atom stereocenters. The van der Waals surface area contributed by atoms with E-state index in [1.165, 1.54) is 32.1 Å². The lowest BCUT2D eigenvalue weighted by Crippen LogP contribution is -2.33. The first-order valence-corrected chi connectivity index (χ1v) is 8.04. The quantitative estimate of drug-likeness (QED) is 0.890. The van der Waals surface area contributed by atoms with Gasteiger partial charge in [0, 0.05) is 25.2 Å². The van der Waals surface area contributed by atoms with E-state index in [1.807, 2.05) is 6.20 Å². The Morgan fingerprint density at radius 1 is 1.05 bits per heavy atom. The van der Waals surface area contributed by atoms with Gasteiger partial charge in [-0.1, -0.05) is 0 Å². The highest BCUT2D eigenvalue weighted by Crippen LogP contribution is 2.23. The van der Waals surface area contributed by atoms with Gasteiger partial charge in [0.05, 0.1) is 11.9 Å². The van der Waals surface area contributed by atoms with Crippen LogP contribution in [0, 0.1) is 0 Å². The van der Waals surface area contributed by atoms with Gasteiger partial charge in [0.1, 0.15) is 5.82 Å². The van der Waals surface area contributed by atoms with Gasteiger partial charge in [0.2, 0.25) is 0 Å². The molecular formula is C16H26N4. The molecule has 3 N–H and O–H groups in total. The molecule has 1 aliphatic heterocycles. The Kier molecular flexibility index (Phi) is 4.41. The van der Waals surface area contributed by atoms with Crippen LogP contribution < -0.4 is 16.0 Å². The molecular weight excluding hydrogens is 248 g/mol. The molecule has 1 saturated carbocycles. The van der Waals surface area contributed by atoms with Crippen LogP contribution in [0.2, 0.25) is 0 Å². The van der Waals surface area contributed by atoms with Crippen molar-refractivity contribution in [3.63, 3.8) is 0 Å². The maximum Gasteiger partial charge on any atom is 0.128 e. The van der Waals surface area contributed by atoms with Crippen molar-refractivity contribution in [3.8, 4) is 0 Å². The third-order valence-corrected chi connectivity index (χ3v) is 4.57. The molecule has 0 radical (unpaired) electrons. The van der Waals surface area contributed by atoms with Crippen molar-refractivity contribution in [1.82, 2.24) is 4.98 Å². The van der Waals surface area contributed by atoms with E-state index in [4.69, 9.17) is 5.73 Å². The maximum absolute atomic E-state index is 5.95. The molecule has 20 heavy (non-hydrogen) atoms. The summed E-state index contributed by atoms with van der Waals surface area (Å²) in [6.07, 6.45) is 10.6. The van der Waals surface area contributed by atoms with Crippen molar-refractivity contribution < 1.29 is 0 Å². The van der Waals surface area contributed by atoms with Crippen molar-refractivity contribution in [2.75, 3.05) is 23.3 Å². The number of hydrogen-bond acceptors (Lipinski definition) is 4. The summed E-state index contributed by atoms with van der Waals surface area (Å²) in [5.74, 6) is 1.13. The number of nitrogens with zero attached hydrogens (tertiary/aromatic N) is 2. The van der Waals surface area contributed by atoms with Gasteiger partial charge in [0.15, 0.2) is 0 Å². The lowest BCUT2D eigenvalue weighted by molar-refractivity contribution is 0.411. The van der Waals surface area contributed by atoms with Crippen LogP contribution in [0.5, 0.6) is 0 Å². The van der Waals surface area contributed by atoms with Gasteiger partial charge in [-0.25, -0.2) is 4.98 Å². The van der Waals surface area contributed by atoms with Gasteiger partial charge >= 0.3 is 0 Å². The predicted octanol–water partition coefficient (Wildman–Crippen LogP) is 2.75. The van der Waals surface area contributed by atoms with Crippen LogP contribution in [0.25, 0.3) is 0 Å². The van der Waals surface area contributed by atoms with Crippen LogP contribution in [0.3, 0.4) is 0 Å². The van der Waals surface area contributed by atoms with Gasteiger partial charge in [-0.2, -0.15) is 0 Å². The van der Waals surface area contributed by atoms with Crippen molar-refractivity contribution in [3.05, 3.63) is 18.3 Å². The smallest absolute Gasteiger partial charge is 0.128 e. The molecule has 1 aromatic rings. The third-order valence-electron chi connectivity index (χ3n) is 4.57. The largest absolute Gasteiger partial charge is 0.381 e. The molecule has 4 nitrogen and oxygen atoms in total. The van der Waals surface area contributed by atoms with Gasteiger partial charge in [-0.3, -0.25) is 0 Å². The van der Waals surface area contributed by atoms with Crippen molar-refractivity contribution >= 4 is 11.5 Å². The lowest BCUT2D eigenvalue weighted by atomic mass is 9.92. The highest BCUT2D eigenvalue weighted by molar-refractivity contribution is 5.49. The molecule has 0 bridgehead atoms. The zero-order valence-electron chi connectivity index (χ0n) is 12.2. The molecule has 1 saturated heterocycles. The molecule has 0 amide bonds. The first-order chi connectivity index (χ1) is 9.81. The Morgan fingerprint density at radius 2 is 1.80 bits per heavy atom. The first kappa shape index (κ1) is 13.7. The fraction of sp³-hybridized carbons (Fsp3) is 0.688. The van der Waals surface area contributed by atoms with E-state index in [2.05, 4.69) is 27.3 Å². The predicted molar refractivity (Wildman–Crippen MR) is 84.2 cm³/mol. The highest BCUT2D eigenvalue weighted by atomic mass is 15.2. The van der Waals surface area contributed by atoms with Crippen LogP contribution in [0.15, 0.2) is 18.3 Å². The van der Waals surface area contributed by atoms with E-state index >= 15 is 0 Å². The fourth-order valence-corrected chi connectivity index (χ4v) is 3.28. The van der Waals surface area contributed by atoms with Gasteiger partial charge < -0.3 is 16.0 Å². The summed E-state index contributed by atoms with van der Waals surface area (Å²) in [7, 11) is 0. The summed E-state index contributed by atoms with van der Waals surface area (Å²) >= 11 is 0. The van der Waals surface area contributed by atoms with E-state index in [1.54, 1.807) is 0 Å². The molecule has 2 heterocycles. The van der Waals surface area contributed by atoms with Crippen molar-refractivity contribution in [2.24, 2.45) is 5.73 Å². The number of aromatic nitrogens is 1. The molecule has 0 atom stereocenters. The summed E-state index contributed by atoms with van der Waals surface area (Å²) in [6, 6.07) is 5.30. The van der Waals surface area contributed by atoms with Crippen LogP contribution in [-0.4, -0.2) is 30.2 Å². The molecule has 0 spiro atoms. The van der Waals surface area contributed by atoms with E-state index < -0.39 is 0 Å². The van der Waals surface area contributed by atoms with Crippen LogP contribution in [0.4, 0.5) is 11.5 Å². The number of rotatable bonds is 3. The van der Waals surface area contributed by atoms with Gasteiger partial charge in [-0.15, -0.1) is 0 Å². The van der Waals surface area contributed by atoms with Crippen LogP contribution in [0.1, 0.15) is 44.9 Å². The average Bonchev–Trinajstić information content (AvgIpc) is 2.51. The molecule has 1 aliphatic carbocycles. The minimum absolute atomic E-state index is 0.410. The number of pyridine rings is 1. The Balaban J connectivity index is 1.55. The van der Waals surface area contributed by atoms with E-state index in [9.17, 15) is 0 Å². The van der Waals surface area contributed by atoms with Gasteiger partial charge in [0.25, 0.3) is 0 Å². The molecule has 2 aliphatic rings. The number of anilines is 2. The lowest BCUT2D eigenvalue weighted by Gasteiger charge is -2.29. The summed E-state index contributed by atoms with van der Waals surface area (Å²) in [5, 5.41) is 3.59. The molecule has 110 valence electrons. The molecule has 1 aromatic heterocycles. The number of nitrogens with two attached hydrogens (primary N) is 1. The third kappa shape index (κ3) is 3.42. The number of hydrogen-bond donors (Lipinski definition) is 2. The Labute approximate surface area is 121 Å². The Bertz CT molecular complexity index is 403.